The minimum atomic E-state index is -0.332. The summed E-state index contributed by atoms with van der Waals surface area (Å²) in [6, 6.07) is 0. The Morgan fingerprint density at radius 3 is 3.07 bits per heavy atom. The highest BCUT2D eigenvalue weighted by atomic mass is 32.2. The lowest BCUT2D eigenvalue weighted by Crippen LogP contribution is -2.18. The second kappa shape index (κ2) is 4.85. The molecule has 1 heterocycles. The maximum absolute atomic E-state index is 11.2. The average molecular weight is 216 g/mol. The fourth-order valence-electron chi connectivity index (χ4n) is 0.782. The quantitative estimate of drug-likeness (QED) is 0.434. The lowest BCUT2D eigenvalue weighted by Gasteiger charge is -2.08. The minimum absolute atomic E-state index is 0.277. The number of nitrogens with two attached hydrogens (primary N) is 1. The fraction of sp³-hybridized carbons (Fsp3) is 0.571. The van der Waals surface area contributed by atoms with Gasteiger partial charge in [0.2, 0.25) is 5.16 Å². The Bertz CT molecular complexity index is 314. The molecule has 0 aliphatic heterocycles. The number of nitrogen functional groups attached to an aromatic ring is 1. The highest BCUT2D eigenvalue weighted by molar-refractivity contribution is 8.00. The Kier molecular flexibility index (Phi) is 3.75. The van der Waals surface area contributed by atoms with Gasteiger partial charge in [-0.25, -0.2) is 4.68 Å². The SMILES string of the molecule is CCOC(=O)[C@@H](C)Sc1nncn1N. The molecule has 0 saturated carbocycles. The Balaban J connectivity index is 2.52. The van der Waals surface area contributed by atoms with Crippen LogP contribution in [0.2, 0.25) is 0 Å². The number of rotatable bonds is 4. The van der Waals surface area contributed by atoms with Gasteiger partial charge >= 0.3 is 5.97 Å². The van der Waals surface area contributed by atoms with Crippen LogP contribution in [0.4, 0.5) is 0 Å². The van der Waals surface area contributed by atoms with E-state index in [1.54, 1.807) is 13.8 Å². The molecule has 1 atom stereocenters. The first-order valence-corrected chi connectivity index (χ1v) is 5.01. The molecule has 0 aromatic carbocycles. The first-order chi connectivity index (χ1) is 6.65. The van der Waals surface area contributed by atoms with E-state index in [4.69, 9.17) is 10.6 Å². The van der Waals surface area contributed by atoms with Crippen LogP contribution in [0.15, 0.2) is 11.5 Å². The molecule has 78 valence electrons. The van der Waals surface area contributed by atoms with Gasteiger partial charge in [-0.3, -0.25) is 4.79 Å². The molecule has 0 saturated heterocycles. The zero-order chi connectivity index (χ0) is 10.6. The van der Waals surface area contributed by atoms with Crippen LogP contribution in [-0.2, 0) is 9.53 Å². The molecule has 0 bridgehead atoms. The molecule has 0 radical (unpaired) electrons. The smallest absolute Gasteiger partial charge is 0.319 e. The van der Waals surface area contributed by atoms with E-state index in [2.05, 4.69) is 10.2 Å². The van der Waals surface area contributed by atoms with Gasteiger partial charge in [-0.2, -0.15) is 0 Å². The molecule has 6 nitrogen and oxygen atoms in total. The third-order valence-electron chi connectivity index (χ3n) is 1.44. The van der Waals surface area contributed by atoms with Gasteiger partial charge in [-0.15, -0.1) is 10.2 Å². The molecule has 0 unspecified atom stereocenters. The largest absolute Gasteiger partial charge is 0.465 e. The monoisotopic (exact) mass is 216 g/mol. The van der Waals surface area contributed by atoms with Gasteiger partial charge < -0.3 is 10.6 Å². The van der Waals surface area contributed by atoms with Gasteiger partial charge in [0.1, 0.15) is 11.6 Å². The lowest BCUT2D eigenvalue weighted by atomic mass is 10.5. The van der Waals surface area contributed by atoms with E-state index >= 15 is 0 Å². The van der Waals surface area contributed by atoms with Crippen LogP contribution in [0.1, 0.15) is 13.8 Å². The second-order valence-electron chi connectivity index (χ2n) is 2.53. The number of carbonyl (C=O) groups is 1. The summed E-state index contributed by atoms with van der Waals surface area (Å²) >= 11 is 1.21. The summed E-state index contributed by atoms with van der Waals surface area (Å²) in [7, 11) is 0. The summed E-state index contributed by atoms with van der Waals surface area (Å²) in [5, 5.41) is 7.50. The van der Waals surface area contributed by atoms with E-state index < -0.39 is 0 Å². The minimum Gasteiger partial charge on any atom is -0.465 e. The van der Waals surface area contributed by atoms with Crippen molar-refractivity contribution in [2.45, 2.75) is 24.3 Å². The number of aromatic nitrogens is 3. The van der Waals surface area contributed by atoms with Crippen molar-refractivity contribution in [1.82, 2.24) is 14.9 Å². The number of hydrogen-bond donors (Lipinski definition) is 1. The molecule has 0 fully saturated rings. The van der Waals surface area contributed by atoms with Crippen molar-refractivity contribution in [2.75, 3.05) is 12.4 Å². The van der Waals surface area contributed by atoms with Crippen molar-refractivity contribution < 1.29 is 9.53 Å². The highest BCUT2D eigenvalue weighted by Crippen LogP contribution is 2.19. The Labute approximate surface area is 85.8 Å². The second-order valence-corrected chi connectivity index (χ2v) is 3.84. The van der Waals surface area contributed by atoms with Gasteiger partial charge in [-0.1, -0.05) is 11.8 Å². The number of nitrogens with zero attached hydrogens (tertiary/aromatic N) is 3. The van der Waals surface area contributed by atoms with Crippen molar-refractivity contribution in [3.05, 3.63) is 6.33 Å². The summed E-state index contributed by atoms with van der Waals surface area (Å²) < 4.78 is 6.10. The van der Waals surface area contributed by atoms with Gasteiger partial charge in [-0.05, 0) is 13.8 Å². The Hall–Kier alpha value is -1.24. The van der Waals surface area contributed by atoms with Crippen molar-refractivity contribution in [3.63, 3.8) is 0 Å². The van der Waals surface area contributed by atoms with E-state index in [1.807, 2.05) is 0 Å². The van der Waals surface area contributed by atoms with Crippen LogP contribution in [0.25, 0.3) is 0 Å². The molecule has 0 aliphatic rings. The van der Waals surface area contributed by atoms with Crippen LogP contribution in [0, 0.1) is 0 Å². The first-order valence-electron chi connectivity index (χ1n) is 4.13. The maximum atomic E-state index is 11.2. The molecule has 14 heavy (non-hydrogen) atoms. The Morgan fingerprint density at radius 1 is 1.86 bits per heavy atom. The molecule has 1 rings (SSSR count). The Morgan fingerprint density at radius 2 is 2.57 bits per heavy atom. The van der Waals surface area contributed by atoms with Crippen LogP contribution in [0.3, 0.4) is 0 Å². The van der Waals surface area contributed by atoms with Gasteiger partial charge in [0, 0.05) is 0 Å². The van der Waals surface area contributed by atoms with Crippen molar-refractivity contribution >= 4 is 17.7 Å². The van der Waals surface area contributed by atoms with E-state index in [1.165, 1.54) is 22.8 Å². The fourth-order valence-corrected chi connectivity index (χ4v) is 1.53. The number of thioether (sulfide) groups is 1. The van der Waals surface area contributed by atoms with Gasteiger partial charge in [0.25, 0.3) is 0 Å². The molecular formula is C7H12N4O2S. The zero-order valence-electron chi connectivity index (χ0n) is 8.01. The average Bonchev–Trinajstić information content (AvgIpc) is 2.52. The maximum Gasteiger partial charge on any atom is 0.319 e. The van der Waals surface area contributed by atoms with E-state index in [9.17, 15) is 4.79 Å². The highest BCUT2D eigenvalue weighted by Gasteiger charge is 2.17. The standard InChI is InChI=1S/C7H12N4O2S/c1-3-13-6(12)5(2)14-7-10-9-4-11(7)8/h4-5H,3,8H2,1-2H3/t5-/m1/s1. The van der Waals surface area contributed by atoms with Gasteiger partial charge in [0.05, 0.1) is 6.61 Å². The molecule has 2 N–H and O–H groups in total. The third kappa shape index (κ3) is 2.63. The van der Waals surface area contributed by atoms with Crippen molar-refractivity contribution in [2.24, 2.45) is 0 Å². The molecule has 1 aromatic rings. The molecule has 0 aliphatic carbocycles. The van der Waals surface area contributed by atoms with E-state index in [0.29, 0.717) is 11.8 Å². The number of ether oxygens (including phenoxy) is 1. The summed E-state index contributed by atoms with van der Waals surface area (Å²) in [5.74, 6) is 5.20. The van der Waals surface area contributed by atoms with Crippen LogP contribution < -0.4 is 5.84 Å². The van der Waals surface area contributed by atoms with Crippen molar-refractivity contribution in [3.8, 4) is 0 Å². The van der Waals surface area contributed by atoms with Crippen LogP contribution >= 0.6 is 11.8 Å². The summed E-state index contributed by atoms with van der Waals surface area (Å²) in [6.07, 6.45) is 1.38. The third-order valence-corrected chi connectivity index (χ3v) is 2.49. The van der Waals surface area contributed by atoms with E-state index in [0.717, 1.165) is 0 Å². The summed E-state index contributed by atoms with van der Waals surface area (Å²) in [4.78, 5) is 11.2. The molecular weight excluding hydrogens is 204 g/mol. The summed E-state index contributed by atoms with van der Waals surface area (Å²) in [5.41, 5.74) is 0. The van der Waals surface area contributed by atoms with Crippen molar-refractivity contribution in [1.29, 1.82) is 0 Å². The molecule has 1 aromatic heterocycles. The van der Waals surface area contributed by atoms with Crippen LogP contribution in [0.5, 0.6) is 0 Å². The predicted molar refractivity (Wildman–Crippen MR) is 52.1 cm³/mol. The predicted octanol–water partition coefficient (Wildman–Crippen LogP) is 0.0356. The number of esters is 1. The zero-order valence-corrected chi connectivity index (χ0v) is 8.82. The van der Waals surface area contributed by atoms with Gasteiger partial charge in [0.15, 0.2) is 0 Å². The molecule has 0 amide bonds. The van der Waals surface area contributed by atoms with Crippen LogP contribution in [-0.4, -0.2) is 32.7 Å². The topological polar surface area (TPSA) is 83.0 Å². The number of hydrogen-bond acceptors (Lipinski definition) is 6. The first kappa shape index (κ1) is 10.8. The van der Waals surface area contributed by atoms with E-state index in [-0.39, 0.29) is 11.2 Å². The molecule has 7 heteroatoms. The molecule has 0 spiro atoms. The lowest BCUT2D eigenvalue weighted by molar-refractivity contribution is -0.142. The number of carbonyl (C=O) groups excluding carboxylic acids is 1. The normalized spacial score (nSPS) is 12.4. The summed E-state index contributed by atoms with van der Waals surface area (Å²) in [6.45, 7) is 3.87.